The summed E-state index contributed by atoms with van der Waals surface area (Å²) in [5, 5.41) is 3.16. The lowest BCUT2D eigenvalue weighted by Crippen LogP contribution is -2.47. The van der Waals surface area contributed by atoms with Crippen molar-refractivity contribution in [3.8, 4) is 0 Å². The number of anilines is 1. The summed E-state index contributed by atoms with van der Waals surface area (Å²) in [7, 11) is 1.65. The number of piperazine rings is 1. The van der Waals surface area contributed by atoms with Gasteiger partial charge in [-0.1, -0.05) is 6.07 Å². The predicted molar refractivity (Wildman–Crippen MR) is 124 cm³/mol. The maximum Gasteiger partial charge on any atom is 0.416 e. The van der Waals surface area contributed by atoms with Crippen molar-refractivity contribution in [2.45, 2.75) is 64.1 Å². The molecule has 1 aliphatic carbocycles. The first-order valence-electron chi connectivity index (χ1n) is 12.2. The molecule has 1 amide bonds. The van der Waals surface area contributed by atoms with E-state index in [9.17, 15) is 18.0 Å². The summed E-state index contributed by atoms with van der Waals surface area (Å²) >= 11 is 0. The van der Waals surface area contributed by atoms with Crippen LogP contribution >= 0.6 is 0 Å². The van der Waals surface area contributed by atoms with E-state index >= 15 is 0 Å². The number of nitrogens with zero attached hydrogens (tertiary/aromatic N) is 2. The van der Waals surface area contributed by atoms with E-state index in [0.717, 1.165) is 77.3 Å². The highest BCUT2D eigenvalue weighted by atomic mass is 19.4. The second-order valence-electron chi connectivity index (χ2n) is 9.45. The molecule has 3 rings (SSSR count). The lowest BCUT2D eigenvalue weighted by Gasteiger charge is -2.38. The van der Waals surface area contributed by atoms with Gasteiger partial charge in [0.1, 0.15) is 0 Å². The quantitative estimate of drug-likeness (QED) is 0.536. The number of amides is 1. The van der Waals surface area contributed by atoms with Crippen molar-refractivity contribution in [3.05, 3.63) is 29.3 Å². The van der Waals surface area contributed by atoms with Gasteiger partial charge in [0.05, 0.1) is 5.56 Å². The molecule has 0 unspecified atom stereocenters. The highest BCUT2D eigenvalue weighted by Gasteiger charge is 2.34. The van der Waals surface area contributed by atoms with Crippen molar-refractivity contribution in [2.75, 3.05) is 51.3 Å². The zero-order valence-electron chi connectivity index (χ0n) is 19.9. The Morgan fingerprint density at radius 2 is 1.82 bits per heavy atom. The van der Waals surface area contributed by atoms with Crippen LogP contribution in [-0.2, 0) is 15.7 Å². The molecule has 1 aromatic rings. The van der Waals surface area contributed by atoms with Gasteiger partial charge >= 0.3 is 6.18 Å². The molecule has 5 nitrogen and oxygen atoms in total. The van der Waals surface area contributed by atoms with Gasteiger partial charge in [0.2, 0.25) is 5.91 Å². The van der Waals surface area contributed by atoms with Crippen molar-refractivity contribution in [3.63, 3.8) is 0 Å². The van der Waals surface area contributed by atoms with Gasteiger partial charge in [-0.05, 0) is 75.6 Å². The molecule has 1 N–H and O–H groups in total. The third kappa shape index (κ3) is 7.60. The SMILES string of the molecule is COCCCC(=O)N[C@H]1CC[C@H](CCN2CCN(c3cccc(C(F)(F)F)c3C)CC2)CC1. The van der Waals surface area contributed by atoms with Gasteiger partial charge in [-0.2, -0.15) is 13.2 Å². The van der Waals surface area contributed by atoms with E-state index in [2.05, 4.69) is 15.1 Å². The molecule has 0 atom stereocenters. The van der Waals surface area contributed by atoms with E-state index < -0.39 is 11.7 Å². The maximum atomic E-state index is 13.2. The van der Waals surface area contributed by atoms with Crippen molar-refractivity contribution >= 4 is 11.6 Å². The highest BCUT2D eigenvalue weighted by Crippen LogP contribution is 2.36. The van der Waals surface area contributed by atoms with Crippen LogP contribution in [0.5, 0.6) is 0 Å². The van der Waals surface area contributed by atoms with Crippen LogP contribution in [-0.4, -0.2) is 63.3 Å². The summed E-state index contributed by atoms with van der Waals surface area (Å²) < 4.78 is 44.7. The zero-order chi connectivity index (χ0) is 23.8. The standard InChI is InChI=1S/C25H38F3N3O2/c1-19-22(25(26,27)28)5-3-6-23(19)31-16-14-30(15-17-31)13-12-20-8-10-21(11-9-20)29-24(32)7-4-18-33-2/h3,5-6,20-21H,4,7-18H2,1-2H3,(H,29,32)/t20-,21-. The van der Waals surface area contributed by atoms with E-state index in [-0.39, 0.29) is 5.91 Å². The molecular formula is C25H38F3N3O2. The first-order valence-corrected chi connectivity index (χ1v) is 12.2. The largest absolute Gasteiger partial charge is 0.416 e. The lowest BCUT2D eigenvalue weighted by molar-refractivity contribution is -0.138. The van der Waals surface area contributed by atoms with Crippen LogP contribution in [0.2, 0.25) is 0 Å². The smallest absolute Gasteiger partial charge is 0.385 e. The predicted octanol–water partition coefficient (Wildman–Crippen LogP) is 4.63. The Kier molecular flexibility index (Phi) is 9.44. The van der Waals surface area contributed by atoms with Crippen molar-refractivity contribution < 1.29 is 22.7 Å². The van der Waals surface area contributed by atoms with E-state index in [1.807, 2.05) is 0 Å². The minimum Gasteiger partial charge on any atom is -0.385 e. The summed E-state index contributed by atoms with van der Waals surface area (Å²) in [5.41, 5.74) is 0.484. The van der Waals surface area contributed by atoms with E-state index in [1.165, 1.54) is 6.07 Å². The first kappa shape index (κ1) is 25.8. The number of halogens is 3. The average molecular weight is 470 g/mol. The van der Waals surface area contributed by atoms with Crippen LogP contribution in [0.15, 0.2) is 18.2 Å². The van der Waals surface area contributed by atoms with Crippen LogP contribution in [0, 0.1) is 12.8 Å². The molecule has 33 heavy (non-hydrogen) atoms. The molecule has 1 saturated heterocycles. The number of methoxy groups -OCH3 is 1. The van der Waals surface area contributed by atoms with Crippen molar-refractivity contribution in [1.29, 1.82) is 0 Å². The number of benzene rings is 1. The Hall–Kier alpha value is -1.80. The molecule has 0 aromatic heterocycles. The number of nitrogens with one attached hydrogen (secondary N) is 1. The number of alkyl halides is 3. The van der Waals surface area contributed by atoms with Crippen LogP contribution in [0.3, 0.4) is 0 Å². The van der Waals surface area contributed by atoms with Crippen molar-refractivity contribution in [2.24, 2.45) is 5.92 Å². The second-order valence-corrected chi connectivity index (χ2v) is 9.45. The molecule has 2 fully saturated rings. The monoisotopic (exact) mass is 469 g/mol. The zero-order valence-corrected chi connectivity index (χ0v) is 19.9. The van der Waals surface area contributed by atoms with Gasteiger partial charge in [0.15, 0.2) is 0 Å². The van der Waals surface area contributed by atoms with Gasteiger partial charge in [-0.15, -0.1) is 0 Å². The van der Waals surface area contributed by atoms with Crippen LogP contribution in [0.4, 0.5) is 18.9 Å². The van der Waals surface area contributed by atoms with Gasteiger partial charge in [-0.25, -0.2) is 0 Å². The van der Waals surface area contributed by atoms with Gasteiger partial charge < -0.3 is 15.0 Å². The number of hydrogen-bond acceptors (Lipinski definition) is 4. The van der Waals surface area contributed by atoms with E-state index in [4.69, 9.17) is 4.74 Å². The molecular weight excluding hydrogens is 431 g/mol. The van der Waals surface area contributed by atoms with Gasteiger partial charge in [0, 0.05) is 58.0 Å². The Morgan fingerprint density at radius 3 is 2.45 bits per heavy atom. The Labute approximate surface area is 195 Å². The van der Waals surface area contributed by atoms with E-state index in [1.54, 1.807) is 20.1 Å². The lowest BCUT2D eigenvalue weighted by atomic mass is 9.84. The third-order valence-corrected chi connectivity index (χ3v) is 7.14. The number of rotatable bonds is 9. The Bertz CT molecular complexity index is 756. The fourth-order valence-electron chi connectivity index (χ4n) is 5.12. The second kappa shape index (κ2) is 12.1. The Morgan fingerprint density at radius 1 is 1.12 bits per heavy atom. The summed E-state index contributed by atoms with van der Waals surface area (Å²) in [6.07, 6.45) is 2.51. The fraction of sp³-hybridized carbons (Fsp3) is 0.720. The first-order chi connectivity index (χ1) is 15.8. The minimum atomic E-state index is -4.31. The van der Waals surface area contributed by atoms with Gasteiger partial charge in [0.25, 0.3) is 0 Å². The summed E-state index contributed by atoms with van der Waals surface area (Å²) in [6, 6.07) is 4.78. The summed E-state index contributed by atoms with van der Waals surface area (Å²) in [5.74, 6) is 0.819. The molecule has 0 bridgehead atoms. The van der Waals surface area contributed by atoms with Gasteiger partial charge in [-0.3, -0.25) is 9.69 Å². The number of carbonyl (C=O) groups excluding carboxylic acids is 1. The van der Waals surface area contributed by atoms with E-state index in [0.29, 0.717) is 36.2 Å². The van der Waals surface area contributed by atoms with Crippen LogP contribution in [0.25, 0.3) is 0 Å². The highest BCUT2D eigenvalue weighted by molar-refractivity contribution is 5.76. The molecule has 1 aromatic carbocycles. The molecule has 0 spiro atoms. The number of carbonyl (C=O) groups is 1. The van der Waals surface area contributed by atoms with Crippen LogP contribution < -0.4 is 10.2 Å². The Balaban J connectivity index is 1.36. The molecule has 1 saturated carbocycles. The molecule has 2 aliphatic rings. The molecule has 1 aliphatic heterocycles. The molecule has 186 valence electrons. The minimum absolute atomic E-state index is 0.129. The summed E-state index contributed by atoms with van der Waals surface area (Å²) in [6.45, 7) is 6.49. The molecule has 8 heteroatoms. The van der Waals surface area contributed by atoms with Crippen LogP contribution in [0.1, 0.15) is 56.1 Å². The summed E-state index contributed by atoms with van der Waals surface area (Å²) in [4.78, 5) is 16.5. The van der Waals surface area contributed by atoms with Crippen molar-refractivity contribution in [1.82, 2.24) is 10.2 Å². The topological polar surface area (TPSA) is 44.8 Å². The number of ether oxygens (including phenoxy) is 1. The molecule has 0 radical (unpaired) electrons. The number of hydrogen-bond donors (Lipinski definition) is 1. The fourth-order valence-corrected chi connectivity index (χ4v) is 5.12. The maximum absolute atomic E-state index is 13.2. The average Bonchev–Trinajstić information content (AvgIpc) is 2.79. The third-order valence-electron chi connectivity index (χ3n) is 7.14. The normalized spacial score (nSPS) is 22.4. The molecule has 1 heterocycles.